The van der Waals surface area contributed by atoms with E-state index >= 15 is 0 Å². The van der Waals surface area contributed by atoms with Crippen LogP contribution in [-0.2, 0) is 26.4 Å². The Morgan fingerprint density at radius 3 is 1.50 bits per heavy atom. The predicted molar refractivity (Wildman–Crippen MR) is 168 cm³/mol. The van der Waals surface area contributed by atoms with E-state index < -0.39 is 41.3 Å². The molecular weight excluding hydrogens is 522 g/mol. The van der Waals surface area contributed by atoms with Gasteiger partial charge in [0.2, 0.25) is 0 Å². The Balaban J connectivity index is 1.84. The zero-order valence-corrected chi connectivity index (χ0v) is 25.2. The smallest absolute Gasteiger partial charge is 0.313 e. The zero-order valence-electron chi connectivity index (χ0n) is 25.2. The number of benzene rings is 4. The molecule has 4 atom stereocenters. The van der Waals surface area contributed by atoms with Gasteiger partial charge in [-0.2, -0.15) is 0 Å². The van der Waals surface area contributed by atoms with Crippen LogP contribution < -0.4 is 5.32 Å². The number of rotatable bonds is 12. The molecule has 0 bridgehead atoms. The Bertz CT molecular complexity index is 1270. The first kappa shape index (κ1) is 31.2. The van der Waals surface area contributed by atoms with Gasteiger partial charge in [-0.05, 0) is 56.9 Å². The molecule has 0 aliphatic heterocycles. The summed E-state index contributed by atoms with van der Waals surface area (Å²) in [6, 6.07) is 39.8. The first-order valence-electron chi connectivity index (χ1n) is 14.6. The van der Waals surface area contributed by atoms with Gasteiger partial charge in [0.1, 0.15) is 17.1 Å². The molecule has 5 heteroatoms. The van der Waals surface area contributed by atoms with Crippen molar-refractivity contribution < 1.29 is 19.4 Å². The normalized spacial score (nSPS) is 14.9. The standard InChI is InChI=1S/C37H43NO4/c1-27(39)33(35(40)42-36(3,4)5)34(38-26-29-18-10-6-11-19-29)28(2)41-37(30-20-12-7-13-21-30,31-22-14-8-15-23-31)32-24-16-9-17-25-32/h6-25,27-28,33-34,38-39H,26H2,1-5H3/t27-,28+,33-,34-/m1/s1. The fourth-order valence-electron chi connectivity index (χ4n) is 5.50. The fraction of sp³-hybridized carbons (Fsp3) is 0.324. The van der Waals surface area contributed by atoms with Gasteiger partial charge in [0.25, 0.3) is 0 Å². The Labute approximate surface area is 250 Å². The van der Waals surface area contributed by atoms with Gasteiger partial charge in [-0.15, -0.1) is 0 Å². The van der Waals surface area contributed by atoms with E-state index in [1.54, 1.807) is 6.92 Å². The van der Waals surface area contributed by atoms with Crippen LogP contribution >= 0.6 is 0 Å². The van der Waals surface area contributed by atoms with Gasteiger partial charge in [0.05, 0.1) is 12.2 Å². The Hall–Kier alpha value is -3.77. The molecule has 0 unspecified atom stereocenters. The van der Waals surface area contributed by atoms with Gasteiger partial charge < -0.3 is 19.9 Å². The van der Waals surface area contributed by atoms with Gasteiger partial charge >= 0.3 is 5.97 Å². The fourth-order valence-corrected chi connectivity index (χ4v) is 5.50. The molecule has 0 saturated heterocycles. The van der Waals surface area contributed by atoms with Crippen molar-refractivity contribution in [1.82, 2.24) is 5.32 Å². The van der Waals surface area contributed by atoms with Crippen molar-refractivity contribution in [3.05, 3.63) is 144 Å². The second-order valence-electron chi connectivity index (χ2n) is 11.8. The molecule has 0 radical (unpaired) electrons. The molecule has 4 aromatic rings. The van der Waals surface area contributed by atoms with E-state index in [4.69, 9.17) is 9.47 Å². The van der Waals surface area contributed by atoms with Crippen molar-refractivity contribution in [3.63, 3.8) is 0 Å². The highest BCUT2D eigenvalue weighted by atomic mass is 16.6. The monoisotopic (exact) mass is 565 g/mol. The number of esters is 1. The zero-order chi connectivity index (χ0) is 30.2. The second kappa shape index (κ2) is 13.9. The third-order valence-electron chi connectivity index (χ3n) is 7.38. The van der Waals surface area contributed by atoms with E-state index in [1.807, 2.05) is 113 Å². The molecule has 5 nitrogen and oxygen atoms in total. The number of nitrogens with one attached hydrogen (secondary N) is 1. The van der Waals surface area contributed by atoms with Gasteiger partial charge in [-0.1, -0.05) is 121 Å². The highest BCUT2D eigenvalue weighted by molar-refractivity contribution is 5.74. The molecule has 4 aromatic carbocycles. The minimum absolute atomic E-state index is 0.469. The summed E-state index contributed by atoms with van der Waals surface area (Å²) in [6.45, 7) is 9.59. The summed E-state index contributed by atoms with van der Waals surface area (Å²) < 4.78 is 13.1. The molecule has 0 aliphatic rings. The third-order valence-corrected chi connectivity index (χ3v) is 7.38. The number of hydrogen-bond acceptors (Lipinski definition) is 5. The van der Waals surface area contributed by atoms with Crippen molar-refractivity contribution >= 4 is 5.97 Å². The highest BCUT2D eigenvalue weighted by Gasteiger charge is 2.44. The first-order chi connectivity index (χ1) is 20.1. The van der Waals surface area contributed by atoms with Crippen LogP contribution in [0.3, 0.4) is 0 Å². The molecule has 0 amide bonds. The van der Waals surface area contributed by atoms with E-state index in [0.29, 0.717) is 6.54 Å². The number of hydrogen-bond donors (Lipinski definition) is 2. The van der Waals surface area contributed by atoms with Crippen LogP contribution in [-0.4, -0.2) is 34.9 Å². The summed E-state index contributed by atoms with van der Waals surface area (Å²) in [5.41, 5.74) is 2.24. The van der Waals surface area contributed by atoms with Crippen LogP contribution in [0.25, 0.3) is 0 Å². The van der Waals surface area contributed by atoms with E-state index in [9.17, 15) is 9.90 Å². The Kier molecular flexibility index (Phi) is 10.3. The van der Waals surface area contributed by atoms with Crippen LogP contribution in [0.1, 0.15) is 56.9 Å². The van der Waals surface area contributed by atoms with E-state index in [0.717, 1.165) is 22.3 Å². The maximum absolute atomic E-state index is 13.7. The van der Waals surface area contributed by atoms with Gasteiger partial charge in [0.15, 0.2) is 0 Å². The number of aliphatic hydroxyl groups excluding tert-OH is 1. The molecule has 0 fully saturated rings. The van der Waals surface area contributed by atoms with Gasteiger partial charge in [0, 0.05) is 12.6 Å². The molecule has 0 aliphatic carbocycles. The summed E-state index contributed by atoms with van der Waals surface area (Å²) in [7, 11) is 0. The third kappa shape index (κ3) is 7.54. The predicted octanol–water partition coefficient (Wildman–Crippen LogP) is 6.88. The summed E-state index contributed by atoms with van der Waals surface area (Å²) >= 11 is 0. The summed E-state index contributed by atoms with van der Waals surface area (Å²) in [5, 5.41) is 14.6. The number of carbonyl (C=O) groups excluding carboxylic acids is 1. The highest BCUT2D eigenvalue weighted by Crippen LogP contribution is 2.42. The second-order valence-corrected chi connectivity index (χ2v) is 11.8. The lowest BCUT2D eigenvalue weighted by Crippen LogP contribution is -2.54. The van der Waals surface area contributed by atoms with Crippen molar-refractivity contribution in [2.24, 2.45) is 5.92 Å². The molecule has 0 heterocycles. The van der Waals surface area contributed by atoms with E-state index in [-0.39, 0.29) is 0 Å². The topological polar surface area (TPSA) is 67.8 Å². The summed E-state index contributed by atoms with van der Waals surface area (Å²) in [4.78, 5) is 13.7. The molecule has 2 N–H and O–H groups in total. The van der Waals surface area contributed by atoms with E-state index in [2.05, 4.69) is 41.7 Å². The van der Waals surface area contributed by atoms with Gasteiger partial charge in [-0.3, -0.25) is 4.79 Å². The first-order valence-corrected chi connectivity index (χ1v) is 14.6. The van der Waals surface area contributed by atoms with Gasteiger partial charge in [-0.25, -0.2) is 0 Å². The molecule has 4 rings (SSSR count). The van der Waals surface area contributed by atoms with Crippen LogP contribution in [0, 0.1) is 5.92 Å². The van der Waals surface area contributed by atoms with Crippen LogP contribution in [0.5, 0.6) is 0 Å². The minimum Gasteiger partial charge on any atom is -0.460 e. The quantitative estimate of drug-likeness (QED) is 0.145. The molecule has 42 heavy (non-hydrogen) atoms. The number of carbonyl (C=O) groups is 1. The lowest BCUT2D eigenvalue weighted by atomic mass is 9.79. The van der Waals surface area contributed by atoms with Crippen molar-refractivity contribution in [1.29, 1.82) is 0 Å². The minimum atomic E-state index is -0.993. The summed E-state index contributed by atoms with van der Waals surface area (Å²) in [6.07, 6.45) is -1.54. The van der Waals surface area contributed by atoms with Crippen LogP contribution in [0.4, 0.5) is 0 Å². The van der Waals surface area contributed by atoms with Crippen molar-refractivity contribution in [2.45, 2.75) is 70.6 Å². The molecular formula is C37H43NO4. The summed E-state index contributed by atoms with van der Waals surface area (Å²) in [5.74, 6) is -1.36. The van der Waals surface area contributed by atoms with Crippen LogP contribution in [0.15, 0.2) is 121 Å². The Morgan fingerprint density at radius 2 is 1.12 bits per heavy atom. The SMILES string of the molecule is C[C@H](OC(c1ccccc1)(c1ccccc1)c1ccccc1)[C@@H](NCc1ccccc1)[C@H](C(=O)OC(C)(C)C)[C@@H](C)O. The van der Waals surface area contributed by atoms with Crippen molar-refractivity contribution in [3.8, 4) is 0 Å². The largest absolute Gasteiger partial charge is 0.460 e. The number of aliphatic hydroxyl groups is 1. The Morgan fingerprint density at radius 1 is 0.714 bits per heavy atom. The van der Waals surface area contributed by atoms with E-state index in [1.165, 1.54) is 0 Å². The number of ether oxygens (including phenoxy) is 2. The molecule has 0 saturated carbocycles. The average Bonchev–Trinajstić information content (AvgIpc) is 2.98. The lowest BCUT2D eigenvalue weighted by molar-refractivity contribution is -0.169. The maximum atomic E-state index is 13.7. The lowest BCUT2D eigenvalue weighted by Gasteiger charge is -2.42. The van der Waals surface area contributed by atoms with Crippen LogP contribution in [0.2, 0.25) is 0 Å². The average molecular weight is 566 g/mol. The van der Waals surface area contributed by atoms with Crippen molar-refractivity contribution in [2.75, 3.05) is 0 Å². The molecule has 0 aromatic heterocycles. The molecule has 220 valence electrons. The molecule has 0 spiro atoms. The maximum Gasteiger partial charge on any atom is 0.313 e.